The van der Waals surface area contributed by atoms with Gasteiger partial charge in [-0.25, -0.2) is 0 Å². The summed E-state index contributed by atoms with van der Waals surface area (Å²) in [6.45, 7) is 0.661. The molecule has 4 unspecified atom stereocenters. The van der Waals surface area contributed by atoms with E-state index in [1.165, 1.54) is 25.7 Å². The minimum Gasteiger partial charge on any atom is -0.330 e. The van der Waals surface area contributed by atoms with E-state index in [9.17, 15) is 0 Å². The van der Waals surface area contributed by atoms with E-state index in [-0.39, 0.29) is 5.54 Å². The summed E-state index contributed by atoms with van der Waals surface area (Å²) in [5, 5.41) is 7.64. The summed E-state index contributed by atoms with van der Waals surface area (Å²) in [5.41, 5.74) is 8.69. The second kappa shape index (κ2) is 5.21. The van der Waals surface area contributed by atoms with Crippen LogP contribution in [0.4, 0.5) is 0 Å². The normalized spacial score (nSPS) is 42.8. The van der Waals surface area contributed by atoms with E-state index in [1.807, 2.05) is 13.3 Å². The molecule has 2 aliphatic carbocycles. The lowest BCUT2D eigenvalue weighted by atomic mass is 9.90. The Bertz CT molecular complexity index is 391. The predicted octanol–water partition coefficient (Wildman–Crippen LogP) is 0.860. The van der Waals surface area contributed by atoms with Crippen LogP contribution in [0.3, 0.4) is 0 Å². The van der Waals surface area contributed by atoms with Crippen molar-refractivity contribution in [1.82, 2.24) is 10.7 Å². The van der Waals surface area contributed by atoms with Gasteiger partial charge in [0.25, 0.3) is 0 Å². The van der Waals surface area contributed by atoms with Gasteiger partial charge in [0.2, 0.25) is 0 Å². The molecule has 4 atom stereocenters. The van der Waals surface area contributed by atoms with Crippen LogP contribution in [0.2, 0.25) is 0 Å². The van der Waals surface area contributed by atoms with Gasteiger partial charge in [-0.3, -0.25) is 10.4 Å². The van der Waals surface area contributed by atoms with Crippen molar-refractivity contribution in [2.24, 2.45) is 27.7 Å². The molecular weight excluding hydrogens is 238 g/mol. The third kappa shape index (κ3) is 2.54. The Balaban J connectivity index is 1.70. The minimum absolute atomic E-state index is 0.115. The first-order valence-corrected chi connectivity index (χ1v) is 7.50. The predicted molar refractivity (Wildman–Crippen MR) is 78.4 cm³/mol. The molecule has 5 heteroatoms. The van der Waals surface area contributed by atoms with Crippen molar-refractivity contribution in [2.45, 2.75) is 50.1 Å². The average Bonchev–Trinajstić information content (AvgIpc) is 3.02. The van der Waals surface area contributed by atoms with Crippen molar-refractivity contribution in [3.05, 3.63) is 0 Å². The fourth-order valence-electron chi connectivity index (χ4n) is 3.95. The van der Waals surface area contributed by atoms with Crippen LogP contribution >= 0.6 is 0 Å². The lowest BCUT2D eigenvalue weighted by Crippen LogP contribution is -2.52. The number of hydrogen-bond acceptors (Lipinski definition) is 4. The molecule has 3 aliphatic rings. The number of amidine groups is 1. The van der Waals surface area contributed by atoms with Crippen molar-refractivity contribution in [1.29, 1.82) is 0 Å². The molecule has 19 heavy (non-hydrogen) atoms. The van der Waals surface area contributed by atoms with Crippen LogP contribution < -0.4 is 16.5 Å². The SMILES string of the molecule is CNC1(CCN)C=NNC(=NC2CC3CCC2C3)C1. The topological polar surface area (TPSA) is 74.8 Å². The number of nitrogens with two attached hydrogens (primary N) is 1. The van der Waals surface area contributed by atoms with Crippen LogP contribution in [0.5, 0.6) is 0 Å². The molecule has 5 nitrogen and oxygen atoms in total. The third-order valence-electron chi connectivity index (χ3n) is 5.10. The van der Waals surface area contributed by atoms with E-state index in [0.717, 1.165) is 30.5 Å². The molecule has 0 aromatic rings. The Labute approximate surface area is 115 Å². The van der Waals surface area contributed by atoms with Crippen molar-refractivity contribution in [3.8, 4) is 0 Å². The van der Waals surface area contributed by atoms with Gasteiger partial charge < -0.3 is 11.1 Å². The van der Waals surface area contributed by atoms with Gasteiger partial charge >= 0.3 is 0 Å². The monoisotopic (exact) mass is 263 g/mol. The highest BCUT2D eigenvalue weighted by molar-refractivity contribution is 5.91. The maximum Gasteiger partial charge on any atom is 0.119 e. The van der Waals surface area contributed by atoms with Crippen LogP contribution in [-0.4, -0.2) is 37.2 Å². The molecule has 1 aliphatic heterocycles. The number of hydrogen-bond donors (Lipinski definition) is 3. The van der Waals surface area contributed by atoms with Crippen LogP contribution in [0, 0.1) is 11.8 Å². The second-order valence-electron chi connectivity index (χ2n) is 6.31. The first-order chi connectivity index (χ1) is 9.24. The van der Waals surface area contributed by atoms with E-state index < -0.39 is 0 Å². The van der Waals surface area contributed by atoms with Gasteiger partial charge in [-0.05, 0) is 51.1 Å². The zero-order valence-electron chi connectivity index (χ0n) is 11.7. The molecule has 0 spiro atoms. The molecule has 3 rings (SSSR count). The molecule has 0 aromatic carbocycles. The summed E-state index contributed by atoms with van der Waals surface area (Å²) in [6, 6.07) is 0.530. The lowest BCUT2D eigenvalue weighted by molar-refractivity contribution is 0.412. The summed E-state index contributed by atoms with van der Waals surface area (Å²) >= 11 is 0. The smallest absolute Gasteiger partial charge is 0.119 e. The standard InChI is InChI=1S/C14H25N5/c1-16-14(4-5-15)8-13(19-17-9-14)18-12-7-10-2-3-11(12)6-10/h9-12,16H,2-8,15H2,1H3,(H,18,19). The number of nitrogens with zero attached hydrogens (tertiary/aromatic N) is 2. The van der Waals surface area contributed by atoms with Gasteiger partial charge in [-0.2, -0.15) is 5.10 Å². The van der Waals surface area contributed by atoms with Gasteiger partial charge in [-0.15, -0.1) is 0 Å². The van der Waals surface area contributed by atoms with Gasteiger partial charge in [0.05, 0.1) is 11.6 Å². The maximum atomic E-state index is 5.72. The average molecular weight is 263 g/mol. The molecule has 1 heterocycles. The summed E-state index contributed by atoms with van der Waals surface area (Å²) in [7, 11) is 1.97. The quantitative estimate of drug-likeness (QED) is 0.704. The van der Waals surface area contributed by atoms with Gasteiger partial charge in [0.1, 0.15) is 5.84 Å². The largest absolute Gasteiger partial charge is 0.330 e. The fourth-order valence-corrected chi connectivity index (χ4v) is 3.95. The fraction of sp³-hybridized carbons (Fsp3) is 0.857. The zero-order valence-corrected chi connectivity index (χ0v) is 11.7. The Hall–Kier alpha value is -0.940. The lowest BCUT2D eigenvalue weighted by Gasteiger charge is -2.33. The van der Waals surface area contributed by atoms with Crippen LogP contribution in [-0.2, 0) is 0 Å². The van der Waals surface area contributed by atoms with Crippen LogP contribution in [0.15, 0.2) is 10.1 Å². The molecule has 0 radical (unpaired) electrons. The number of aliphatic imine (C=N–C) groups is 1. The first-order valence-electron chi connectivity index (χ1n) is 7.50. The number of hydrazone groups is 1. The number of rotatable bonds is 4. The van der Waals surface area contributed by atoms with Gasteiger partial charge in [0.15, 0.2) is 0 Å². The minimum atomic E-state index is -0.115. The number of nitrogens with one attached hydrogen (secondary N) is 2. The van der Waals surface area contributed by atoms with E-state index in [2.05, 4.69) is 15.8 Å². The van der Waals surface area contributed by atoms with Crippen molar-refractivity contribution >= 4 is 12.1 Å². The molecule has 2 saturated carbocycles. The maximum absolute atomic E-state index is 5.72. The van der Waals surface area contributed by atoms with Crippen molar-refractivity contribution < 1.29 is 0 Å². The molecule has 2 fully saturated rings. The summed E-state index contributed by atoms with van der Waals surface area (Å²) < 4.78 is 0. The Morgan fingerprint density at radius 3 is 3.05 bits per heavy atom. The van der Waals surface area contributed by atoms with E-state index in [4.69, 9.17) is 10.7 Å². The van der Waals surface area contributed by atoms with Gasteiger partial charge in [-0.1, -0.05) is 6.42 Å². The zero-order chi connectivity index (χ0) is 13.3. The number of fused-ring (bicyclic) bond motifs is 2. The first kappa shape index (κ1) is 13.1. The van der Waals surface area contributed by atoms with Crippen molar-refractivity contribution in [3.63, 3.8) is 0 Å². The molecular formula is C14H25N5. The summed E-state index contributed by atoms with van der Waals surface area (Å²) in [6.07, 6.45) is 9.18. The van der Waals surface area contributed by atoms with E-state index in [0.29, 0.717) is 12.6 Å². The second-order valence-corrected chi connectivity index (χ2v) is 6.31. The Kier molecular flexibility index (Phi) is 3.58. The van der Waals surface area contributed by atoms with Crippen LogP contribution in [0.25, 0.3) is 0 Å². The Morgan fingerprint density at radius 1 is 1.53 bits per heavy atom. The molecule has 0 amide bonds. The van der Waals surface area contributed by atoms with Crippen LogP contribution in [0.1, 0.15) is 38.5 Å². The van der Waals surface area contributed by atoms with E-state index in [1.54, 1.807) is 0 Å². The van der Waals surface area contributed by atoms with E-state index >= 15 is 0 Å². The molecule has 106 valence electrons. The highest BCUT2D eigenvalue weighted by Gasteiger charge is 2.40. The van der Waals surface area contributed by atoms with Gasteiger partial charge in [0, 0.05) is 12.6 Å². The highest BCUT2D eigenvalue weighted by atomic mass is 15.3. The summed E-state index contributed by atoms with van der Waals surface area (Å²) in [4.78, 5) is 4.95. The molecule has 0 aromatic heterocycles. The third-order valence-corrected chi connectivity index (χ3v) is 5.10. The Morgan fingerprint density at radius 2 is 2.42 bits per heavy atom. The van der Waals surface area contributed by atoms with Crippen molar-refractivity contribution in [2.75, 3.05) is 13.6 Å². The molecule has 4 N–H and O–H groups in total. The molecule has 2 bridgehead atoms. The molecule has 0 saturated heterocycles. The summed E-state index contributed by atoms with van der Waals surface area (Å²) in [5.74, 6) is 2.79. The highest BCUT2D eigenvalue weighted by Crippen LogP contribution is 2.46.